The standard InChI is InChI=1S/C21H21ClN4O2S/c22-17-5-6-19(23-12-17)25-20(27)11-18-14-29-21(24-18)16-3-1-15(2-4-16)13-26-7-9-28-10-8-26/h1-6,12,14H,7-11,13H2,(H,23,25,27). The average Bonchev–Trinajstić information content (AvgIpc) is 3.19. The summed E-state index contributed by atoms with van der Waals surface area (Å²) in [6.07, 6.45) is 1.71. The highest BCUT2D eigenvalue weighted by Gasteiger charge is 2.12. The fourth-order valence-corrected chi connectivity index (χ4v) is 4.03. The summed E-state index contributed by atoms with van der Waals surface area (Å²) in [6, 6.07) is 11.8. The number of nitrogens with one attached hydrogen (secondary N) is 1. The zero-order chi connectivity index (χ0) is 20.1. The number of pyridine rings is 1. The second-order valence-corrected chi connectivity index (χ2v) is 8.11. The molecule has 1 amide bonds. The number of hydrogen-bond acceptors (Lipinski definition) is 6. The van der Waals surface area contributed by atoms with Crippen LogP contribution in [-0.4, -0.2) is 47.1 Å². The molecule has 1 aliphatic heterocycles. The molecule has 1 aliphatic rings. The Kier molecular flexibility index (Phi) is 6.51. The highest BCUT2D eigenvalue weighted by atomic mass is 35.5. The third kappa shape index (κ3) is 5.61. The molecule has 1 aromatic carbocycles. The Balaban J connectivity index is 1.34. The second kappa shape index (κ2) is 9.45. The Bertz CT molecular complexity index is 954. The number of nitrogens with zero attached hydrogens (tertiary/aromatic N) is 3. The smallest absolute Gasteiger partial charge is 0.231 e. The van der Waals surface area contributed by atoms with Crippen molar-refractivity contribution in [2.75, 3.05) is 31.6 Å². The number of rotatable bonds is 6. The largest absolute Gasteiger partial charge is 0.379 e. The molecular weight excluding hydrogens is 408 g/mol. The van der Waals surface area contributed by atoms with Gasteiger partial charge in [0.15, 0.2) is 0 Å². The number of carbonyl (C=O) groups excluding carboxylic acids is 1. The van der Waals surface area contributed by atoms with Crippen LogP contribution in [0.4, 0.5) is 5.82 Å². The van der Waals surface area contributed by atoms with Crippen molar-refractivity contribution in [3.63, 3.8) is 0 Å². The zero-order valence-electron chi connectivity index (χ0n) is 15.8. The van der Waals surface area contributed by atoms with Crippen LogP contribution >= 0.6 is 22.9 Å². The van der Waals surface area contributed by atoms with Crippen LogP contribution in [0.2, 0.25) is 5.02 Å². The van der Waals surface area contributed by atoms with Gasteiger partial charge in [-0.05, 0) is 17.7 Å². The van der Waals surface area contributed by atoms with E-state index >= 15 is 0 Å². The molecule has 150 valence electrons. The molecule has 1 saturated heterocycles. The second-order valence-electron chi connectivity index (χ2n) is 6.82. The number of benzene rings is 1. The maximum atomic E-state index is 12.2. The molecule has 1 fully saturated rings. The molecule has 0 aliphatic carbocycles. The van der Waals surface area contributed by atoms with E-state index in [0.29, 0.717) is 10.8 Å². The molecule has 2 aromatic heterocycles. The zero-order valence-corrected chi connectivity index (χ0v) is 17.4. The van der Waals surface area contributed by atoms with Crippen LogP contribution in [0.15, 0.2) is 48.0 Å². The molecule has 0 unspecified atom stereocenters. The summed E-state index contributed by atoms with van der Waals surface area (Å²) in [4.78, 5) is 23.3. The van der Waals surface area contributed by atoms with Gasteiger partial charge >= 0.3 is 0 Å². The number of morpholine rings is 1. The molecular formula is C21H21ClN4O2S. The van der Waals surface area contributed by atoms with Gasteiger partial charge in [0.1, 0.15) is 10.8 Å². The number of anilines is 1. The molecule has 1 N–H and O–H groups in total. The summed E-state index contributed by atoms with van der Waals surface area (Å²) in [7, 11) is 0. The highest BCUT2D eigenvalue weighted by Crippen LogP contribution is 2.25. The van der Waals surface area contributed by atoms with Crippen molar-refractivity contribution < 1.29 is 9.53 Å². The highest BCUT2D eigenvalue weighted by molar-refractivity contribution is 7.13. The summed E-state index contributed by atoms with van der Waals surface area (Å²) in [5, 5.41) is 6.12. The van der Waals surface area contributed by atoms with Gasteiger partial charge in [-0.25, -0.2) is 9.97 Å². The lowest BCUT2D eigenvalue weighted by atomic mass is 10.1. The topological polar surface area (TPSA) is 67.4 Å². The fourth-order valence-electron chi connectivity index (χ4n) is 3.09. The lowest BCUT2D eigenvalue weighted by Crippen LogP contribution is -2.35. The predicted molar refractivity (Wildman–Crippen MR) is 115 cm³/mol. The maximum absolute atomic E-state index is 12.2. The Morgan fingerprint density at radius 1 is 1.17 bits per heavy atom. The van der Waals surface area contributed by atoms with Gasteiger partial charge in [-0.2, -0.15) is 0 Å². The first-order chi connectivity index (χ1) is 14.2. The SMILES string of the molecule is O=C(Cc1csc(-c2ccc(CN3CCOCC3)cc2)n1)Nc1ccc(Cl)cn1. The molecule has 4 rings (SSSR count). The van der Waals surface area contributed by atoms with Gasteiger partial charge in [-0.3, -0.25) is 9.69 Å². The predicted octanol–water partition coefficient (Wildman–Crippen LogP) is 3.87. The van der Waals surface area contributed by atoms with Crippen molar-refractivity contribution >= 4 is 34.7 Å². The molecule has 0 bridgehead atoms. The lowest BCUT2D eigenvalue weighted by molar-refractivity contribution is -0.115. The van der Waals surface area contributed by atoms with Gasteiger partial charge < -0.3 is 10.1 Å². The van der Waals surface area contributed by atoms with Crippen molar-refractivity contribution in [2.45, 2.75) is 13.0 Å². The third-order valence-corrected chi connectivity index (χ3v) is 5.76. The quantitative estimate of drug-likeness (QED) is 0.645. The first kappa shape index (κ1) is 20.0. The number of amides is 1. The molecule has 0 atom stereocenters. The Hall–Kier alpha value is -2.32. The van der Waals surface area contributed by atoms with Crippen LogP contribution < -0.4 is 5.32 Å². The molecule has 0 saturated carbocycles. The van der Waals surface area contributed by atoms with Gasteiger partial charge in [0.25, 0.3) is 0 Å². The maximum Gasteiger partial charge on any atom is 0.231 e. The summed E-state index contributed by atoms with van der Waals surface area (Å²) in [5.41, 5.74) is 3.09. The van der Waals surface area contributed by atoms with Gasteiger partial charge in [-0.1, -0.05) is 35.9 Å². The lowest BCUT2D eigenvalue weighted by Gasteiger charge is -2.26. The Labute approximate surface area is 178 Å². The van der Waals surface area contributed by atoms with Crippen molar-refractivity contribution in [3.05, 3.63) is 64.3 Å². The number of ether oxygens (including phenoxy) is 1. The molecule has 3 aromatic rings. The summed E-state index contributed by atoms with van der Waals surface area (Å²) < 4.78 is 5.40. The van der Waals surface area contributed by atoms with E-state index in [2.05, 4.69) is 44.5 Å². The van der Waals surface area contributed by atoms with Gasteiger partial charge in [-0.15, -0.1) is 11.3 Å². The van der Waals surface area contributed by atoms with Crippen LogP contribution in [0.5, 0.6) is 0 Å². The number of carbonyl (C=O) groups is 1. The van der Waals surface area contributed by atoms with E-state index in [1.165, 1.54) is 11.8 Å². The number of hydrogen-bond donors (Lipinski definition) is 1. The van der Waals surface area contributed by atoms with Gasteiger partial charge in [0.2, 0.25) is 5.91 Å². The minimum atomic E-state index is -0.155. The first-order valence-electron chi connectivity index (χ1n) is 9.41. The van der Waals surface area contributed by atoms with Crippen LogP contribution in [0.3, 0.4) is 0 Å². The molecule has 0 spiro atoms. The van der Waals surface area contributed by atoms with Crippen molar-refractivity contribution in [2.24, 2.45) is 0 Å². The van der Waals surface area contributed by atoms with Gasteiger partial charge in [0, 0.05) is 36.8 Å². The molecule has 8 heteroatoms. The monoisotopic (exact) mass is 428 g/mol. The average molecular weight is 429 g/mol. The van der Waals surface area contributed by atoms with Crippen molar-refractivity contribution in [1.82, 2.24) is 14.9 Å². The summed E-state index contributed by atoms with van der Waals surface area (Å²) in [5.74, 6) is 0.322. The normalized spacial score (nSPS) is 14.7. The first-order valence-corrected chi connectivity index (χ1v) is 10.7. The summed E-state index contributed by atoms with van der Waals surface area (Å²) in [6.45, 7) is 4.51. The van der Waals surface area contributed by atoms with Crippen LogP contribution in [-0.2, 0) is 22.5 Å². The van der Waals surface area contributed by atoms with E-state index < -0.39 is 0 Å². The Morgan fingerprint density at radius 3 is 2.69 bits per heavy atom. The molecule has 3 heterocycles. The fraction of sp³-hybridized carbons (Fsp3) is 0.286. The van der Waals surface area contributed by atoms with Crippen molar-refractivity contribution in [3.8, 4) is 10.6 Å². The third-order valence-electron chi connectivity index (χ3n) is 4.60. The van der Waals surface area contributed by atoms with E-state index in [4.69, 9.17) is 16.3 Å². The molecule has 0 radical (unpaired) electrons. The van der Waals surface area contributed by atoms with Crippen LogP contribution in [0, 0.1) is 0 Å². The molecule has 6 nitrogen and oxygen atoms in total. The molecule has 29 heavy (non-hydrogen) atoms. The van der Waals surface area contributed by atoms with Crippen LogP contribution in [0.1, 0.15) is 11.3 Å². The van der Waals surface area contributed by atoms with E-state index in [-0.39, 0.29) is 12.3 Å². The number of thiazole rings is 1. The Morgan fingerprint density at radius 2 is 1.97 bits per heavy atom. The minimum absolute atomic E-state index is 0.155. The van der Waals surface area contributed by atoms with E-state index in [9.17, 15) is 4.79 Å². The number of halogens is 1. The van der Waals surface area contributed by atoms with E-state index in [1.54, 1.807) is 23.5 Å². The van der Waals surface area contributed by atoms with E-state index in [1.807, 2.05) is 5.38 Å². The summed E-state index contributed by atoms with van der Waals surface area (Å²) >= 11 is 7.35. The van der Waals surface area contributed by atoms with Crippen molar-refractivity contribution in [1.29, 1.82) is 0 Å². The minimum Gasteiger partial charge on any atom is -0.379 e. The number of aromatic nitrogens is 2. The van der Waals surface area contributed by atoms with Crippen LogP contribution in [0.25, 0.3) is 10.6 Å². The van der Waals surface area contributed by atoms with E-state index in [0.717, 1.165) is 49.1 Å². The van der Waals surface area contributed by atoms with Gasteiger partial charge in [0.05, 0.1) is 30.4 Å².